The van der Waals surface area contributed by atoms with Gasteiger partial charge in [0.05, 0.1) is 12.2 Å². The van der Waals surface area contributed by atoms with Crippen LogP contribution in [0.2, 0.25) is 0 Å². The fraction of sp³-hybridized carbons (Fsp3) is 0.889. The van der Waals surface area contributed by atoms with Crippen molar-refractivity contribution < 1.29 is 18.3 Å². The number of thioether (sulfide) groups is 1. The maximum absolute atomic E-state index is 11.9. The summed E-state index contributed by atoms with van der Waals surface area (Å²) < 4.78 is 25.2. The van der Waals surface area contributed by atoms with E-state index in [1.807, 2.05) is 6.92 Å². The summed E-state index contributed by atoms with van der Waals surface area (Å²) in [5, 5.41) is 8.75. The van der Waals surface area contributed by atoms with E-state index >= 15 is 0 Å². The Hall–Kier alpha value is -0.270. The molecule has 0 aromatic carbocycles. The van der Waals surface area contributed by atoms with Crippen LogP contribution in [0.25, 0.3) is 0 Å². The van der Waals surface area contributed by atoms with Crippen LogP contribution >= 0.6 is 11.8 Å². The van der Waals surface area contributed by atoms with E-state index in [4.69, 9.17) is 5.11 Å². The summed E-state index contributed by atoms with van der Waals surface area (Å²) in [6.45, 7) is 2.24. The van der Waals surface area contributed by atoms with Gasteiger partial charge in [0.2, 0.25) is 10.0 Å². The summed E-state index contributed by atoms with van der Waals surface area (Å²) in [6.07, 6.45) is 0.460. The van der Waals surface area contributed by atoms with Crippen LogP contribution in [0.1, 0.15) is 19.8 Å². The van der Waals surface area contributed by atoms with Crippen molar-refractivity contribution in [1.82, 2.24) is 4.31 Å². The standard InChI is InChI=1S/C9H17NO4S2/c1-2-5-16(13,14)10-3-4-15-7-8(10)6-9(11)12/h8H,2-7H2,1H3,(H,11,12). The molecule has 0 spiro atoms. The molecule has 1 N–H and O–H groups in total. The largest absolute Gasteiger partial charge is 0.481 e. The second-order valence-corrected chi connectivity index (χ2v) is 6.94. The van der Waals surface area contributed by atoms with Gasteiger partial charge in [-0.1, -0.05) is 6.92 Å². The summed E-state index contributed by atoms with van der Waals surface area (Å²) in [7, 11) is -3.27. The molecule has 0 saturated carbocycles. The lowest BCUT2D eigenvalue weighted by molar-refractivity contribution is -0.137. The summed E-state index contributed by atoms with van der Waals surface area (Å²) in [5.41, 5.74) is 0. The highest BCUT2D eigenvalue weighted by molar-refractivity contribution is 7.99. The maximum atomic E-state index is 11.9. The Bertz CT molecular complexity index is 341. The molecule has 1 rings (SSSR count). The molecule has 1 unspecified atom stereocenters. The first-order valence-electron chi connectivity index (χ1n) is 5.26. The normalized spacial score (nSPS) is 23.2. The van der Waals surface area contributed by atoms with E-state index in [0.717, 1.165) is 5.75 Å². The summed E-state index contributed by atoms with van der Waals surface area (Å²) in [4.78, 5) is 10.7. The lowest BCUT2D eigenvalue weighted by Gasteiger charge is -2.33. The van der Waals surface area contributed by atoms with Gasteiger partial charge in [-0.2, -0.15) is 16.1 Å². The molecule has 0 aromatic heterocycles. The topological polar surface area (TPSA) is 74.7 Å². The van der Waals surface area contributed by atoms with Crippen LogP contribution in [0, 0.1) is 0 Å². The minimum atomic E-state index is -3.27. The molecule has 1 saturated heterocycles. The molecular formula is C9H17NO4S2. The highest BCUT2D eigenvalue weighted by atomic mass is 32.2. The lowest BCUT2D eigenvalue weighted by Crippen LogP contribution is -2.47. The second-order valence-electron chi connectivity index (χ2n) is 3.75. The summed E-state index contributed by atoms with van der Waals surface area (Å²) in [6, 6.07) is -0.382. The van der Waals surface area contributed by atoms with Crippen molar-refractivity contribution in [2.45, 2.75) is 25.8 Å². The van der Waals surface area contributed by atoms with Crippen molar-refractivity contribution >= 4 is 27.8 Å². The number of carboxylic acid groups (broad SMARTS) is 1. The first-order chi connectivity index (χ1) is 7.47. The summed E-state index contributed by atoms with van der Waals surface area (Å²) in [5.74, 6) is 0.492. The van der Waals surface area contributed by atoms with Gasteiger partial charge in [-0.05, 0) is 6.42 Å². The molecule has 1 aliphatic heterocycles. The highest BCUT2D eigenvalue weighted by Crippen LogP contribution is 2.22. The SMILES string of the molecule is CCCS(=O)(=O)N1CCSCC1CC(=O)O. The number of rotatable bonds is 5. The lowest BCUT2D eigenvalue weighted by atomic mass is 10.2. The monoisotopic (exact) mass is 267 g/mol. The Balaban J connectivity index is 2.77. The van der Waals surface area contributed by atoms with Crippen molar-refractivity contribution in [3.8, 4) is 0 Å². The molecule has 1 heterocycles. The van der Waals surface area contributed by atoms with E-state index in [1.165, 1.54) is 4.31 Å². The molecule has 1 atom stereocenters. The Morgan fingerprint density at radius 2 is 2.25 bits per heavy atom. The van der Waals surface area contributed by atoms with Crippen LogP contribution in [0.3, 0.4) is 0 Å². The van der Waals surface area contributed by atoms with Crippen LogP contribution in [-0.2, 0) is 14.8 Å². The smallest absolute Gasteiger partial charge is 0.305 e. The van der Waals surface area contributed by atoms with E-state index in [0.29, 0.717) is 18.7 Å². The van der Waals surface area contributed by atoms with Crippen LogP contribution < -0.4 is 0 Å². The molecule has 5 nitrogen and oxygen atoms in total. The Morgan fingerprint density at radius 3 is 2.81 bits per heavy atom. The third-order valence-corrected chi connectivity index (χ3v) is 5.61. The van der Waals surface area contributed by atoms with E-state index < -0.39 is 16.0 Å². The molecule has 0 radical (unpaired) electrons. The van der Waals surface area contributed by atoms with E-state index in [9.17, 15) is 13.2 Å². The minimum Gasteiger partial charge on any atom is -0.481 e. The van der Waals surface area contributed by atoms with Gasteiger partial charge in [0.15, 0.2) is 0 Å². The first-order valence-corrected chi connectivity index (χ1v) is 8.03. The zero-order chi connectivity index (χ0) is 12.2. The van der Waals surface area contributed by atoms with Gasteiger partial charge in [0.25, 0.3) is 0 Å². The van der Waals surface area contributed by atoms with Crippen LogP contribution in [0.5, 0.6) is 0 Å². The minimum absolute atomic E-state index is 0.101. The fourth-order valence-corrected chi connectivity index (χ4v) is 4.74. The molecule has 7 heteroatoms. The van der Waals surface area contributed by atoms with Crippen LogP contribution in [0.15, 0.2) is 0 Å². The molecule has 0 amide bonds. The van der Waals surface area contributed by atoms with Crippen molar-refractivity contribution in [3.63, 3.8) is 0 Å². The molecule has 0 aliphatic carbocycles. The average molecular weight is 267 g/mol. The highest BCUT2D eigenvalue weighted by Gasteiger charge is 2.33. The number of aliphatic carboxylic acids is 1. The van der Waals surface area contributed by atoms with Gasteiger partial charge in [0, 0.05) is 24.1 Å². The van der Waals surface area contributed by atoms with Crippen molar-refractivity contribution in [2.24, 2.45) is 0 Å². The predicted molar refractivity (Wildman–Crippen MR) is 64.1 cm³/mol. The van der Waals surface area contributed by atoms with Crippen LogP contribution in [0.4, 0.5) is 0 Å². The van der Waals surface area contributed by atoms with Gasteiger partial charge < -0.3 is 5.11 Å². The van der Waals surface area contributed by atoms with E-state index in [2.05, 4.69) is 0 Å². The van der Waals surface area contributed by atoms with Gasteiger partial charge in [0.1, 0.15) is 0 Å². The third-order valence-electron chi connectivity index (χ3n) is 2.40. The van der Waals surface area contributed by atoms with Gasteiger partial charge >= 0.3 is 5.97 Å². The summed E-state index contributed by atoms with van der Waals surface area (Å²) >= 11 is 1.61. The first kappa shape index (κ1) is 13.8. The fourth-order valence-electron chi connectivity index (χ4n) is 1.74. The predicted octanol–water partition coefficient (Wildman–Crippen LogP) is 0.618. The van der Waals surface area contributed by atoms with Crippen molar-refractivity contribution in [1.29, 1.82) is 0 Å². The molecule has 0 bridgehead atoms. The van der Waals surface area contributed by atoms with Crippen molar-refractivity contribution in [2.75, 3.05) is 23.8 Å². The van der Waals surface area contributed by atoms with Gasteiger partial charge in [-0.15, -0.1) is 0 Å². The Labute approximate surface area is 100 Å². The number of carbonyl (C=O) groups is 1. The van der Waals surface area contributed by atoms with Crippen molar-refractivity contribution in [3.05, 3.63) is 0 Å². The zero-order valence-corrected chi connectivity index (χ0v) is 10.9. The van der Waals surface area contributed by atoms with Gasteiger partial charge in [-0.3, -0.25) is 4.79 Å². The molecule has 94 valence electrons. The van der Waals surface area contributed by atoms with Crippen LogP contribution in [-0.4, -0.2) is 53.6 Å². The Morgan fingerprint density at radius 1 is 1.56 bits per heavy atom. The number of hydrogen-bond donors (Lipinski definition) is 1. The number of nitrogens with zero attached hydrogens (tertiary/aromatic N) is 1. The van der Waals surface area contributed by atoms with E-state index in [1.54, 1.807) is 11.8 Å². The maximum Gasteiger partial charge on any atom is 0.305 e. The number of hydrogen-bond acceptors (Lipinski definition) is 4. The molecule has 1 aliphatic rings. The third kappa shape index (κ3) is 3.64. The number of carboxylic acids is 1. The van der Waals surface area contributed by atoms with E-state index in [-0.39, 0.29) is 18.2 Å². The Kier molecular flexibility index (Phi) is 5.07. The molecule has 0 aromatic rings. The molecular weight excluding hydrogens is 250 g/mol. The average Bonchev–Trinajstić information content (AvgIpc) is 2.17. The van der Waals surface area contributed by atoms with Gasteiger partial charge in [-0.25, -0.2) is 8.42 Å². The zero-order valence-electron chi connectivity index (χ0n) is 9.26. The molecule has 16 heavy (non-hydrogen) atoms. The number of sulfonamides is 1. The second kappa shape index (κ2) is 5.88. The molecule has 1 fully saturated rings. The quantitative estimate of drug-likeness (QED) is 0.790.